The van der Waals surface area contributed by atoms with Gasteiger partial charge in [-0.2, -0.15) is 0 Å². The van der Waals surface area contributed by atoms with Crippen LogP contribution in [0.3, 0.4) is 0 Å². The normalized spacial score (nSPS) is 16.5. The van der Waals surface area contributed by atoms with Gasteiger partial charge in [0.25, 0.3) is 0 Å². The van der Waals surface area contributed by atoms with Crippen LogP contribution in [0.4, 0.5) is 0 Å². The highest BCUT2D eigenvalue weighted by atomic mass is 28.4. The van der Waals surface area contributed by atoms with Crippen molar-refractivity contribution in [2.75, 3.05) is 12.8 Å². The van der Waals surface area contributed by atoms with Gasteiger partial charge < -0.3 is 14.3 Å². The van der Waals surface area contributed by atoms with Crippen molar-refractivity contribution in [2.24, 2.45) is 0 Å². The summed E-state index contributed by atoms with van der Waals surface area (Å²) in [4.78, 5) is 0. The molecule has 0 spiro atoms. The van der Waals surface area contributed by atoms with E-state index in [0.717, 1.165) is 0 Å². The van der Waals surface area contributed by atoms with Crippen LogP contribution in [0.15, 0.2) is 30.3 Å². The predicted molar refractivity (Wildman–Crippen MR) is 89.7 cm³/mol. The topological polar surface area (TPSA) is 38.7 Å². The summed E-state index contributed by atoms with van der Waals surface area (Å²) in [6, 6.07) is 10.2. The second-order valence-electron chi connectivity index (χ2n) is 6.95. The molecule has 0 aromatic heterocycles. The van der Waals surface area contributed by atoms with Gasteiger partial charge in [0.2, 0.25) is 8.32 Å². The van der Waals surface area contributed by atoms with Gasteiger partial charge in [-0.15, -0.1) is 0 Å². The molecule has 2 atom stereocenters. The molecule has 3 nitrogen and oxygen atoms in total. The first kappa shape index (κ1) is 18.4. The van der Waals surface area contributed by atoms with Crippen LogP contribution >= 0.6 is 0 Å². The van der Waals surface area contributed by atoms with Crippen molar-refractivity contribution in [2.45, 2.75) is 58.4 Å². The molecule has 0 aliphatic rings. The van der Waals surface area contributed by atoms with E-state index in [1.54, 1.807) is 6.92 Å². The van der Waals surface area contributed by atoms with Crippen LogP contribution in [-0.2, 0) is 15.8 Å². The molecule has 0 aliphatic carbocycles. The van der Waals surface area contributed by atoms with Gasteiger partial charge in [0, 0.05) is 6.61 Å². The fourth-order valence-electron chi connectivity index (χ4n) is 1.87. The van der Waals surface area contributed by atoms with Crippen LogP contribution < -0.4 is 0 Å². The number of hydrogen-bond acceptors (Lipinski definition) is 3. The minimum atomic E-state index is -2.01. The lowest BCUT2D eigenvalue weighted by atomic mass is 10.2. The molecule has 0 saturated heterocycles. The van der Waals surface area contributed by atoms with Crippen molar-refractivity contribution in [1.29, 1.82) is 0 Å². The van der Waals surface area contributed by atoms with Gasteiger partial charge in [0.1, 0.15) is 0 Å². The molecule has 0 aliphatic heterocycles. The molecule has 0 amide bonds. The van der Waals surface area contributed by atoms with E-state index in [1.807, 2.05) is 18.2 Å². The SMILES string of the molecule is C[C@@H](O)CCO[Si@](C)(COCc1ccccc1)C(C)(C)C. The van der Waals surface area contributed by atoms with Gasteiger partial charge in [0.15, 0.2) is 0 Å². The summed E-state index contributed by atoms with van der Waals surface area (Å²) >= 11 is 0. The zero-order valence-corrected chi connectivity index (χ0v) is 15.1. The molecule has 0 radical (unpaired) electrons. The van der Waals surface area contributed by atoms with Crippen LogP contribution in [0.5, 0.6) is 0 Å². The van der Waals surface area contributed by atoms with E-state index in [1.165, 1.54) is 5.56 Å². The van der Waals surface area contributed by atoms with Crippen LogP contribution in [0.2, 0.25) is 11.6 Å². The molecular formula is C17H30O3Si. The molecular weight excluding hydrogens is 280 g/mol. The quantitative estimate of drug-likeness (QED) is 0.740. The number of benzene rings is 1. The van der Waals surface area contributed by atoms with Gasteiger partial charge in [-0.3, -0.25) is 0 Å². The monoisotopic (exact) mass is 310 g/mol. The maximum atomic E-state index is 9.38. The Morgan fingerprint density at radius 3 is 2.33 bits per heavy atom. The molecule has 1 aromatic rings. The van der Waals surface area contributed by atoms with Gasteiger partial charge in [-0.1, -0.05) is 51.1 Å². The fourth-order valence-corrected chi connectivity index (χ4v) is 3.88. The number of ether oxygens (including phenoxy) is 1. The van der Waals surface area contributed by atoms with E-state index in [2.05, 4.69) is 39.5 Å². The molecule has 0 bridgehead atoms. The summed E-state index contributed by atoms with van der Waals surface area (Å²) in [5.74, 6) is 0. The van der Waals surface area contributed by atoms with Crippen molar-refractivity contribution in [3.63, 3.8) is 0 Å². The summed E-state index contributed by atoms with van der Waals surface area (Å²) in [6.07, 6.45) is 1.04. The molecule has 1 aromatic carbocycles. The number of rotatable bonds is 8. The van der Waals surface area contributed by atoms with Crippen molar-refractivity contribution >= 4 is 8.32 Å². The third-order valence-corrected chi connectivity index (χ3v) is 8.80. The first-order valence-electron chi connectivity index (χ1n) is 7.68. The van der Waals surface area contributed by atoms with Crippen molar-refractivity contribution in [3.8, 4) is 0 Å². The van der Waals surface area contributed by atoms with E-state index in [9.17, 15) is 5.11 Å². The van der Waals surface area contributed by atoms with Crippen LogP contribution in [0.1, 0.15) is 39.7 Å². The minimum absolute atomic E-state index is 0.0996. The van der Waals surface area contributed by atoms with Gasteiger partial charge >= 0.3 is 0 Å². The molecule has 0 heterocycles. The molecule has 1 rings (SSSR count). The van der Waals surface area contributed by atoms with Crippen molar-refractivity contribution in [3.05, 3.63) is 35.9 Å². The Bertz CT molecular complexity index is 400. The number of hydrogen-bond donors (Lipinski definition) is 1. The summed E-state index contributed by atoms with van der Waals surface area (Å²) in [7, 11) is -2.01. The zero-order valence-electron chi connectivity index (χ0n) is 14.1. The molecule has 120 valence electrons. The van der Waals surface area contributed by atoms with E-state index in [4.69, 9.17) is 9.16 Å². The Labute approximate surface area is 130 Å². The summed E-state index contributed by atoms with van der Waals surface area (Å²) < 4.78 is 12.1. The average molecular weight is 311 g/mol. The Morgan fingerprint density at radius 1 is 1.19 bits per heavy atom. The van der Waals surface area contributed by atoms with E-state index in [-0.39, 0.29) is 11.1 Å². The minimum Gasteiger partial charge on any atom is -0.414 e. The maximum Gasteiger partial charge on any atom is 0.220 e. The third-order valence-electron chi connectivity index (χ3n) is 4.03. The van der Waals surface area contributed by atoms with E-state index < -0.39 is 8.32 Å². The average Bonchev–Trinajstić information content (AvgIpc) is 2.38. The largest absolute Gasteiger partial charge is 0.414 e. The Balaban J connectivity index is 2.53. The molecule has 0 unspecified atom stereocenters. The Kier molecular flexibility index (Phi) is 7.07. The molecule has 4 heteroatoms. The standard InChI is InChI=1S/C17H30O3Si/c1-15(18)11-12-20-21(5,17(2,3)4)14-19-13-16-9-7-6-8-10-16/h6-10,15,18H,11-14H2,1-5H3/t15-,21-/m1/s1. The van der Waals surface area contributed by atoms with Crippen molar-refractivity contribution < 1.29 is 14.3 Å². The molecule has 0 fully saturated rings. The van der Waals surface area contributed by atoms with Crippen LogP contribution in [0, 0.1) is 0 Å². The van der Waals surface area contributed by atoms with E-state index in [0.29, 0.717) is 25.9 Å². The first-order chi connectivity index (χ1) is 9.74. The second kappa shape index (κ2) is 8.08. The second-order valence-corrected chi connectivity index (χ2v) is 11.5. The lowest BCUT2D eigenvalue weighted by Gasteiger charge is -2.39. The smallest absolute Gasteiger partial charge is 0.220 e. The van der Waals surface area contributed by atoms with Gasteiger partial charge in [-0.25, -0.2) is 0 Å². The molecule has 21 heavy (non-hydrogen) atoms. The van der Waals surface area contributed by atoms with Crippen LogP contribution in [-0.4, -0.2) is 32.4 Å². The third kappa shape index (κ3) is 6.30. The lowest BCUT2D eigenvalue weighted by Crippen LogP contribution is -2.49. The highest BCUT2D eigenvalue weighted by molar-refractivity contribution is 6.75. The van der Waals surface area contributed by atoms with Gasteiger partial charge in [0.05, 0.1) is 18.9 Å². The maximum absolute atomic E-state index is 9.38. The first-order valence-corrected chi connectivity index (χ1v) is 10.3. The summed E-state index contributed by atoms with van der Waals surface area (Å²) in [6.45, 7) is 11.9. The summed E-state index contributed by atoms with van der Waals surface area (Å²) in [5, 5.41) is 9.48. The lowest BCUT2D eigenvalue weighted by molar-refractivity contribution is 0.119. The Hall–Kier alpha value is -0.683. The highest BCUT2D eigenvalue weighted by Gasteiger charge is 2.42. The van der Waals surface area contributed by atoms with Gasteiger partial charge in [-0.05, 0) is 30.5 Å². The molecule has 1 N–H and O–H groups in total. The molecule has 0 saturated carbocycles. The number of aliphatic hydroxyl groups excluding tert-OH is 1. The number of aliphatic hydroxyl groups is 1. The van der Waals surface area contributed by atoms with Crippen molar-refractivity contribution in [1.82, 2.24) is 0 Å². The highest BCUT2D eigenvalue weighted by Crippen LogP contribution is 2.37. The Morgan fingerprint density at radius 2 is 1.81 bits per heavy atom. The summed E-state index contributed by atoms with van der Waals surface area (Å²) in [5.41, 5.74) is 1.19. The van der Waals surface area contributed by atoms with Crippen LogP contribution in [0.25, 0.3) is 0 Å². The fraction of sp³-hybridized carbons (Fsp3) is 0.647. The predicted octanol–water partition coefficient (Wildman–Crippen LogP) is 3.91. The zero-order chi connectivity index (χ0) is 15.9. The van der Waals surface area contributed by atoms with E-state index >= 15 is 0 Å².